The number of hydrogen-bond acceptors (Lipinski definition) is 6. The Morgan fingerprint density at radius 1 is 1.24 bits per heavy atom. The van der Waals surface area contributed by atoms with Crippen molar-refractivity contribution < 1.29 is 19.4 Å². The van der Waals surface area contributed by atoms with Gasteiger partial charge in [0.2, 0.25) is 0 Å². The second-order valence-electron chi connectivity index (χ2n) is 6.30. The van der Waals surface area contributed by atoms with Crippen LogP contribution in [0, 0.1) is 6.92 Å². The van der Waals surface area contributed by atoms with E-state index in [1.807, 2.05) is 36.7 Å². The summed E-state index contributed by atoms with van der Waals surface area (Å²) in [5.74, 6) is -1.97. The average molecular weight is 392 g/mol. The average Bonchev–Trinajstić information content (AvgIpc) is 3.01. The lowest BCUT2D eigenvalue weighted by Crippen LogP contribution is -2.11. The van der Waals surface area contributed by atoms with E-state index in [2.05, 4.69) is 9.98 Å². The van der Waals surface area contributed by atoms with Crippen LogP contribution in [0.25, 0.3) is 16.6 Å². The second-order valence-corrected chi connectivity index (χ2v) is 6.30. The third-order valence-electron chi connectivity index (χ3n) is 4.47. The van der Waals surface area contributed by atoms with Gasteiger partial charge in [0, 0.05) is 36.1 Å². The molecule has 0 saturated heterocycles. The van der Waals surface area contributed by atoms with Crippen LogP contribution in [0.3, 0.4) is 0 Å². The van der Waals surface area contributed by atoms with Crippen LogP contribution in [0.15, 0.2) is 53.7 Å². The Labute approximate surface area is 167 Å². The summed E-state index contributed by atoms with van der Waals surface area (Å²) >= 11 is 0. The first kappa shape index (κ1) is 19.8. The van der Waals surface area contributed by atoms with Gasteiger partial charge in [-0.1, -0.05) is 12.1 Å². The van der Waals surface area contributed by atoms with Gasteiger partial charge in [-0.2, -0.15) is 0 Å². The lowest BCUT2D eigenvalue weighted by molar-refractivity contribution is 0.0507. The molecule has 3 rings (SSSR count). The van der Waals surface area contributed by atoms with Gasteiger partial charge in [-0.25, -0.2) is 14.6 Å². The summed E-state index contributed by atoms with van der Waals surface area (Å²) in [5.41, 5.74) is 8.65. The first-order valence-corrected chi connectivity index (χ1v) is 8.77. The Bertz CT molecular complexity index is 1140. The molecule has 0 aliphatic heterocycles. The lowest BCUT2D eigenvalue weighted by atomic mass is 10.1. The number of aromatic nitrogens is 2. The Hall–Kier alpha value is -3.94. The molecule has 148 valence electrons. The highest BCUT2D eigenvalue weighted by molar-refractivity contribution is 6.09. The van der Waals surface area contributed by atoms with Crippen molar-refractivity contribution in [3.8, 4) is 0 Å². The zero-order chi connectivity index (χ0) is 21.0. The predicted octanol–water partition coefficient (Wildman–Crippen LogP) is 2.76. The van der Waals surface area contributed by atoms with E-state index in [4.69, 9.17) is 15.6 Å². The van der Waals surface area contributed by atoms with Crippen molar-refractivity contribution in [3.05, 3.63) is 71.2 Å². The van der Waals surface area contributed by atoms with Gasteiger partial charge in [-0.3, -0.25) is 4.99 Å². The Kier molecular flexibility index (Phi) is 5.73. The largest absolute Gasteiger partial charge is 0.478 e. The number of aliphatic imine (C=N–C) groups is 1. The van der Waals surface area contributed by atoms with Gasteiger partial charge in [0.05, 0.1) is 16.8 Å². The van der Waals surface area contributed by atoms with Crippen molar-refractivity contribution in [2.24, 2.45) is 17.8 Å². The molecule has 29 heavy (non-hydrogen) atoms. The van der Waals surface area contributed by atoms with E-state index in [1.54, 1.807) is 6.07 Å². The maximum Gasteiger partial charge on any atom is 0.340 e. The number of nitrogens with zero attached hydrogens (tertiary/aromatic N) is 3. The van der Waals surface area contributed by atoms with E-state index < -0.39 is 11.9 Å². The molecule has 0 fully saturated rings. The molecule has 0 bridgehead atoms. The SMILES string of the molecule is Cc1cc2ccc(C(=C/N)/C=N/COC(=O)c3ccccc3C(=O)O)nc2n1C. The number of nitrogens with two attached hydrogens (primary N) is 1. The fourth-order valence-electron chi connectivity index (χ4n) is 2.84. The maximum atomic E-state index is 12.1. The summed E-state index contributed by atoms with van der Waals surface area (Å²) in [6, 6.07) is 11.7. The van der Waals surface area contributed by atoms with Crippen LogP contribution < -0.4 is 5.73 Å². The molecular formula is C21H20N4O4. The number of fused-ring (bicyclic) bond motifs is 1. The summed E-state index contributed by atoms with van der Waals surface area (Å²) in [4.78, 5) is 32.0. The molecule has 1 aromatic carbocycles. The fourth-order valence-corrected chi connectivity index (χ4v) is 2.84. The third kappa shape index (κ3) is 4.16. The molecule has 0 radical (unpaired) electrons. The number of carboxylic acid groups (broad SMARTS) is 1. The van der Waals surface area contributed by atoms with E-state index in [9.17, 15) is 9.59 Å². The molecular weight excluding hydrogens is 372 g/mol. The number of allylic oxidation sites excluding steroid dienone is 1. The molecule has 0 amide bonds. The van der Waals surface area contributed by atoms with Crippen LogP contribution in [0.2, 0.25) is 0 Å². The molecule has 0 spiro atoms. The number of hydrogen-bond donors (Lipinski definition) is 2. The fraction of sp³-hybridized carbons (Fsp3) is 0.143. The normalized spacial score (nSPS) is 11.9. The van der Waals surface area contributed by atoms with Gasteiger partial charge >= 0.3 is 11.9 Å². The third-order valence-corrected chi connectivity index (χ3v) is 4.47. The number of esters is 1. The zero-order valence-electron chi connectivity index (χ0n) is 16.0. The Balaban J connectivity index is 1.70. The van der Waals surface area contributed by atoms with Gasteiger partial charge in [0.25, 0.3) is 0 Å². The molecule has 0 saturated carbocycles. The van der Waals surface area contributed by atoms with E-state index >= 15 is 0 Å². The van der Waals surface area contributed by atoms with Crippen LogP contribution >= 0.6 is 0 Å². The number of benzene rings is 1. The van der Waals surface area contributed by atoms with Crippen LogP contribution in [0.5, 0.6) is 0 Å². The minimum Gasteiger partial charge on any atom is -0.478 e. The molecule has 0 aliphatic rings. The number of ether oxygens (including phenoxy) is 1. The van der Waals surface area contributed by atoms with E-state index in [0.717, 1.165) is 16.7 Å². The smallest absolute Gasteiger partial charge is 0.340 e. The van der Waals surface area contributed by atoms with E-state index in [0.29, 0.717) is 11.3 Å². The van der Waals surface area contributed by atoms with E-state index in [-0.39, 0.29) is 17.9 Å². The summed E-state index contributed by atoms with van der Waals surface area (Å²) in [5, 5.41) is 10.2. The number of pyridine rings is 1. The lowest BCUT2D eigenvalue weighted by Gasteiger charge is -2.05. The van der Waals surface area contributed by atoms with Crippen molar-refractivity contribution in [3.63, 3.8) is 0 Å². The maximum absolute atomic E-state index is 12.1. The molecule has 3 aromatic rings. The predicted molar refractivity (Wildman–Crippen MR) is 110 cm³/mol. The zero-order valence-corrected chi connectivity index (χ0v) is 16.0. The van der Waals surface area contributed by atoms with Crippen molar-refractivity contribution in [1.82, 2.24) is 9.55 Å². The topological polar surface area (TPSA) is 120 Å². The Morgan fingerprint density at radius 2 is 1.97 bits per heavy atom. The van der Waals surface area contributed by atoms with Crippen molar-refractivity contribution in [1.29, 1.82) is 0 Å². The highest BCUT2D eigenvalue weighted by Crippen LogP contribution is 2.19. The molecule has 2 aromatic heterocycles. The standard InChI is InChI=1S/C21H20N4O4/c1-13-9-14-7-8-18(24-19(14)25(13)2)15(10-22)11-23-12-29-21(28)17-6-4-3-5-16(17)20(26)27/h3-11H,12,22H2,1-2H3,(H,26,27)/b15-10+,23-11+. The minimum atomic E-state index is -1.20. The van der Waals surface area contributed by atoms with Gasteiger partial charge in [0.15, 0.2) is 6.73 Å². The number of carbonyl (C=O) groups is 2. The second kappa shape index (κ2) is 8.39. The van der Waals surface area contributed by atoms with Crippen molar-refractivity contribution in [2.75, 3.05) is 6.73 Å². The molecule has 8 heteroatoms. The number of carbonyl (C=O) groups excluding carboxylic acids is 1. The number of aromatic carboxylic acids is 1. The van der Waals surface area contributed by atoms with Crippen molar-refractivity contribution in [2.45, 2.75) is 6.92 Å². The number of carboxylic acids is 1. The first-order valence-electron chi connectivity index (χ1n) is 8.77. The molecule has 0 aliphatic carbocycles. The number of aryl methyl sites for hydroxylation is 2. The molecule has 2 heterocycles. The van der Waals surface area contributed by atoms with Gasteiger partial charge < -0.3 is 20.1 Å². The molecule has 3 N–H and O–H groups in total. The quantitative estimate of drug-likeness (QED) is 0.492. The molecule has 8 nitrogen and oxygen atoms in total. The highest BCUT2D eigenvalue weighted by atomic mass is 16.5. The van der Waals surface area contributed by atoms with Crippen molar-refractivity contribution >= 4 is 34.8 Å². The van der Waals surface area contributed by atoms with Gasteiger partial charge in [-0.05, 0) is 37.3 Å². The summed E-state index contributed by atoms with van der Waals surface area (Å²) in [6.07, 6.45) is 2.83. The minimum absolute atomic E-state index is 0.0315. The first-order chi connectivity index (χ1) is 13.9. The molecule has 0 atom stereocenters. The Morgan fingerprint density at radius 3 is 2.66 bits per heavy atom. The summed E-state index contributed by atoms with van der Waals surface area (Å²) < 4.78 is 7.03. The van der Waals surface area contributed by atoms with Crippen LogP contribution in [-0.2, 0) is 11.8 Å². The van der Waals surface area contributed by atoms with Crippen LogP contribution in [0.4, 0.5) is 0 Å². The van der Waals surface area contributed by atoms with Crippen LogP contribution in [0.1, 0.15) is 32.1 Å². The monoisotopic (exact) mass is 392 g/mol. The van der Waals surface area contributed by atoms with Gasteiger partial charge in [-0.15, -0.1) is 0 Å². The summed E-state index contributed by atoms with van der Waals surface area (Å²) in [6.45, 7) is 1.72. The van der Waals surface area contributed by atoms with Gasteiger partial charge in [0.1, 0.15) is 5.65 Å². The highest BCUT2D eigenvalue weighted by Gasteiger charge is 2.16. The summed E-state index contributed by atoms with van der Waals surface area (Å²) in [7, 11) is 1.93. The van der Waals surface area contributed by atoms with Crippen LogP contribution in [-0.4, -0.2) is 39.5 Å². The van der Waals surface area contributed by atoms with E-state index in [1.165, 1.54) is 30.6 Å². The number of rotatable bonds is 6. The molecule has 0 unspecified atom stereocenters.